The Bertz CT molecular complexity index is 570. The number of anilines is 2. The van der Waals surface area contributed by atoms with Gasteiger partial charge in [0.15, 0.2) is 9.84 Å². The average Bonchev–Trinajstić information content (AvgIpc) is 2.45. The summed E-state index contributed by atoms with van der Waals surface area (Å²) in [6, 6.07) is 8.75. The molecule has 1 aliphatic rings. The zero-order valence-corrected chi connectivity index (χ0v) is 14.7. The number of hydrogen-bond acceptors (Lipinski definition) is 4. The van der Waals surface area contributed by atoms with Crippen molar-refractivity contribution >= 4 is 21.2 Å². The summed E-state index contributed by atoms with van der Waals surface area (Å²) >= 11 is 0. The van der Waals surface area contributed by atoms with E-state index in [1.165, 1.54) is 6.42 Å². The summed E-state index contributed by atoms with van der Waals surface area (Å²) in [6.45, 7) is 7.89. The zero-order chi connectivity index (χ0) is 16.2. The third-order valence-corrected chi connectivity index (χ3v) is 5.75. The van der Waals surface area contributed by atoms with Crippen molar-refractivity contribution in [3.8, 4) is 0 Å². The first-order valence-electron chi connectivity index (χ1n) is 8.18. The number of hydrogen-bond donors (Lipinski definition) is 1. The minimum atomic E-state index is -2.83. The molecule has 0 saturated carbocycles. The van der Waals surface area contributed by atoms with Crippen LogP contribution in [0, 0.1) is 5.92 Å². The van der Waals surface area contributed by atoms with Gasteiger partial charge in [-0.1, -0.05) is 19.9 Å². The van der Waals surface area contributed by atoms with E-state index >= 15 is 0 Å². The fraction of sp³-hybridized carbons (Fsp3) is 0.647. The zero-order valence-electron chi connectivity index (χ0n) is 13.9. The monoisotopic (exact) mass is 324 g/mol. The average molecular weight is 324 g/mol. The molecule has 1 saturated heterocycles. The van der Waals surface area contributed by atoms with Gasteiger partial charge in [0, 0.05) is 30.5 Å². The lowest BCUT2D eigenvalue weighted by Crippen LogP contribution is -2.40. The lowest BCUT2D eigenvalue weighted by molar-refractivity contribution is 0.528. The maximum atomic E-state index is 11.5. The molecule has 1 aliphatic heterocycles. The molecule has 1 fully saturated rings. The van der Waals surface area contributed by atoms with E-state index in [9.17, 15) is 8.42 Å². The largest absolute Gasteiger partial charge is 0.383 e. The highest BCUT2D eigenvalue weighted by atomic mass is 32.2. The van der Waals surface area contributed by atoms with Crippen LogP contribution in [0.25, 0.3) is 0 Å². The Morgan fingerprint density at radius 1 is 1.14 bits per heavy atom. The van der Waals surface area contributed by atoms with Crippen LogP contribution in [0.1, 0.15) is 33.6 Å². The van der Waals surface area contributed by atoms with Crippen molar-refractivity contribution < 1.29 is 8.42 Å². The third-order valence-electron chi connectivity index (χ3n) is 4.15. The lowest BCUT2D eigenvalue weighted by atomic mass is 10.0. The molecule has 0 bridgehead atoms. The molecular weight excluding hydrogens is 296 g/mol. The molecule has 1 aromatic rings. The molecule has 2 rings (SSSR count). The summed E-state index contributed by atoms with van der Waals surface area (Å²) in [5.74, 6) is 1.25. The van der Waals surface area contributed by atoms with Crippen molar-refractivity contribution in [1.82, 2.24) is 0 Å². The van der Waals surface area contributed by atoms with E-state index in [2.05, 4.69) is 49.2 Å². The van der Waals surface area contributed by atoms with Crippen LogP contribution in [0.4, 0.5) is 11.4 Å². The molecule has 22 heavy (non-hydrogen) atoms. The molecular formula is C17H28N2O2S. The van der Waals surface area contributed by atoms with Gasteiger partial charge in [-0.15, -0.1) is 0 Å². The standard InChI is InChI=1S/C17H28N2O2S/c1-14(2)7-8-15(3)18-16-5-4-6-17(13-16)19-9-11-22(20,21)12-10-19/h4-6,13-15,18H,7-12H2,1-3H3/t15-/m0/s1. The van der Waals surface area contributed by atoms with E-state index in [1.807, 2.05) is 6.07 Å². The first-order valence-corrected chi connectivity index (χ1v) is 10.00. The van der Waals surface area contributed by atoms with Crippen LogP contribution in [0.15, 0.2) is 24.3 Å². The summed E-state index contributed by atoms with van der Waals surface area (Å²) < 4.78 is 23.1. The molecule has 0 spiro atoms. The Kier molecular flexibility index (Phi) is 5.73. The van der Waals surface area contributed by atoms with Gasteiger partial charge in [-0.25, -0.2) is 8.42 Å². The van der Waals surface area contributed by atoms with Gasteiger partial charge in [-0.3, -0.25) is 0 Å². The molecule has 1 atom stereocenters. The van der Waals surface area contributed by atoms with Gasteiger partial charge in [-0.2, -0.15) is 0 Å². The molecule has 1 N–H and O–H groups in total. The van der Waals surface area contributed by atoms with E-state index in [4.69, 9.17) is 0 Å². The second-order valence-electron chi connectivity index (χ2n) is 6.71. The van der Waals surface area contributed by atoms with E-state index < -0.39 is 9.84 Å². The Morgan fingerprint density at radius 3 is 2.45 bits per heavy atom. The highest BCUT2D eigenvalue weighted by molar-refractivity contribution is 7.91. The molecule has 0 unspecified atom stereocenters. The van der Waals surface area contributed by atoms with Crippen LogP contribution in [0.5, 0.6) is 0 Å². The Hall–Kier alpha value is -1.23. The van der Waals surface area contributed by atoms with Crippen molar-refractivity contribution in [3.05, 3.63) is 24.3 Å². The summed E-state index contributed by atoms with van der Waals surface area (Å²) in [6.07, 6.45) is 2.38. The van der Waals surface area contributed by atoms with Gasteiger partial charge in [0.1, 0.15) is 0 Å². The first kappa shape index (κ1) is 17.1. The van der Waals surface area contributed by atoms with E-state index in [-0.39, 0.29) is 11.5 Å². The van der Waals surface area contributed by atoms with Crippen LogP contribution in [0.3, 0.4) is 0 Å². The van der Waals surface area contributed by atoms with Gasteiger partial charge < -0.3 is 10.2 Å². The van der Waals surface area contributed by atoms with Gasteiger partial charge in [0.25, 0.3) is 0 Å². The molecule has 0 aromatic heterocycles. The predicted molar refractivity (Wildman–Crippen MR) is 94.5 cm³/mol. The van der Waals surface area contributed by atoms with Crippen molar-refractivity contribution in [2.75, 3.05) is 34.8 Å². The minimum Gasteiger partial charge on any atom is -0.383 e. The molecule has 4 nitrogen and oxygen atoms in total. The van der Waals surface area contributed by atoms with E-state index in [0.717, 1.165) is 23.7 Å². The second-order valence-corrected chi connectivity index (χ2v) is 9.01. The smallest absolute Gasteiger partial charge is 0.153 e. The van der Waals surface area contributed by atoms with Gasteiger partial charge in [0.2, 0.25) is 0 Å². The summed E-state index contributed by atoms with van der Waals surface area (Å²) in [5.41, 5.74) is 2.22. The quantitative estimate of drug-likeness (QED) is 0.873. The third kappa shape index (κ3) is 5.20. The maximum absolute atomic E-state index is 11.5. The van der Waals surface area contributed by atoms with Crippen molar-refractivity contribution in [2.24, 2.45) is 5.92 Å². The lowest BCUT2D eigenvalue weighted by Gasteiger charge is -2.29. The van der Waals surface area contributed by atoms with Crippen LogP contribution < -0.4 is 10.2 Å². The van der Waals surface area contributed by atoms with Crippen molar-refractivity contribution in [1.29, 1.82) is 0 Å². The molecule has 5 heteroatoms. The van der Waals surface area contributed by atoms with Crippen LogP contribution in [-0.4, -0.2) is 39.1 Å². The topological polar surface area (TPSA) is 49.4 Å². The molecule has 1 heterocycles. The van der Waals surface area contributed by atoms with Crippen LogP contribution in [0.2, 0.25) is 0 Å². The Balaban J connectivity index is 1.95. The molecule has 0 aliphatic carbocycles. The fourth-order valence-electron chi connectivity index (χ4n) is 2.70. The van der Waals surface area contributed by atoms with Gasteiger partial charge in [0.05, 0.1) is 11.5 Å². The molecule has 1 aromatic carbocycles. The fourth-order valence-corrected chi connectivity index (χ4v) is 3.90. The van der Waals surface area contributed by atoms with Gasteiger partial charge >= 0.3 is 0 Å². The Labute approximate surface area is 134 Å². The van der Waals surface area contributed by atoms with Crippen molar-refractivity contribution in [3.63, 3.8) is 0 Å². The number of benzene rings is 1. The second kappa shape index (κ2) is 7.36. The molecule has 124 valence electrons. The summed E-state index contributed by atoms with van der Waals surface area (Å²) in [5, 5.41) is 3.55. The number of nitrogens with one attached hydrogen (secondary N) is 1. The number of sulfone groups is 1. The van der Waals surface area contributed by atoms with Crippen molar-refractivity contribution in [2.45, 2.75) is 39.7 Å². The van der Waals surface area contributed by atoms with E-state index in [1.54, 1.807) is 0 Å². The Morgan fingerprint density at radius 2 is 1.82 bits per heavy atom. The van der Waals surface area contributed by atoms with Crippen LogP contribution >= 0.6 is 0 Å². The normalized spacial score (nSPS) is 19.2. The minimum absolute atomic E-state index is 0.259. The van der Waals surface area contributed by atoms with Crippen LogP contribution in [-0.2, 0) is 9.84 Å². The highest BCUT2D eigenvalue weighted by Gasteiger charge is 2.21. The molecule has 0 radical (unpaired) electrons. The highest BCUT2D eigenvalue weighted by Crippen LogP contribution is 2.22. The van der Waals surface area contributed by atoms with E-state index in [0.29, 0.717) is 19.1 Å². The maximum Gasteiger partial charge on any atom is 0.153 e. The first-order chi connectivity index (χ1) is 10.4. The SMILES string of the molecule is CC(C)CC[C@H](C)Nc1cccc(N2CCS(=O)(=O)CC2)c1. The molecule has 0 amide bonds. The predicted octanol–water partition coefficient (Wildman–Crippen LogP) is 3.16. The van der Waals surface area contributed by atoms with Gasteiger partial charge in [-0.05, 0) is 43.9 Å². The summed E-state index contributed by atoms with van der Waals surface area (Å²) in [4.78, 5) is 2.16. The number of rotatable bonds is 6. The summed E-state index contributed by atoms with van der Waals surface area (Å²) in [7, 11) is -2.83. The number of nitrogens with zero attached hydrogens (tertiary/aromatic N) is 1.